The van der Waals surface area contributed by atoms with Gasteiger partial charge in [0.05, 0.1) is 0 Å². The molecule has 0 radical (unpaired) electrons. The van der Waals surface area contributed by atoms with E-state index in [-0.39, 0.29) is 6.04 Å². The maximum Gasteiger partial charge on any atom is 0.153 e. The highest BCUT2D eigenvalue weighted by Gasteiger charge is 2.24. The molecule has 1 saturated carbocycles. The summed E-state index contributed by atoms with van der Waals surface area (Å²) in [5.74, 6) is 0.775. The maximum atomic E-state index is 4.55. The Morgan fingerprint density at radius 1 is 1.06 bits per heavy atom. The lowest BCUT2D eigenvalue weighted by atomic mass is 10.0. The van der Waals surface area contributed by atoms with Crippen LogP contribution in [0.25, 0.3) is 0 Å². The summed E-state index contributed by atoms with van der Waals surface area (Å²) in [5.41, 5.74) is 7.87. The molecule has 17 heavy (non-hydrogen) atoms. The van der Waals surface area contributed by atoms with Crippen LogP contribution in [0.2, 0.25) is 0 Å². The van der Waals surface area contributed by atoms with E-state index in [0.717, 1.165) is 11.6 Å². The molecule has 0 bridgehead atoms. The Morgan fingerprint density at radius 2 is 1.82 bits per heavy atom. The smallest absolute Gasteiger partial charge is 0.153 e. The Hall–Kier alpha value is -1.67. The van der Waals surface area contributed by atoms with E-state index in [1.165, 1.54) is 24.0 Å². The van der Waals surface area contributed by atoms with Gasteiger partial charge in [-0.25, -0.2) is 0 Å². The van der Waals surface area contributed by atoms with E-state index in [1.54, 1.807) is 0 Å². The van der Waals surface area contributed by atoms with Gasteiger partial charge in [0.1, 0.15) is 5.69 Å². The zero-order valence-corrected chi connectivity index (χ0v) is 9.84. The fourth-order valence-corrected chi connectivity index (χ4v) is 2.14. The van der Waals surface area contributed by atoms with Crippen molar-refractivity contribution in [3.63, 3.8) is 0 Å². The second-order valence-electron chi connectivity index (χ2n) is 4.75. The van der Waals surface area contributed by atoms with E-state index < -0.39 is 0 Å². The van der Waals surface area contributed by atoms with Crippen molar-refractivity contribution < 1.29 is 5.73 Å². The minimum atomic E-state index is 0.129. The molecular formula is C15H17N2+. The minimum absolute atomic E-state index is 0.129. The number of benzene rings is 1. The molecule has 0 spiro atoms. The maximum absolute atomic E-state index is 4.55. The first-order chi connectivity index (χ1) is 8.34. The number of hydrogen-bond donors (Lipinski definition) is 1. The third kappa shape index (κ3) is 2.22. The fraction of sp³-hybridized carbons (Fsp3) is 0.267. The first-order valence-electron chi connectivity index (χ1n) is 6.18. The van der Waals surface area contributed by atoms with Gasteiger partial charge in [-0.15, -0.1) is 0 Å². The van der Waals surface area contributed by atoms with Crippen molar-refractivity contribution in [1.82, 2.24) is 4.98 Å². The van der Waals surface area contributed by atoms with Gasteiger partial charge in [0.2, 0.25) is 0 Å². The molecule has 2 heteroatoms. The zero-order chi connectivity index (χ0) is 11.7. The van der Waals surface area contributed by atoms with Crippen molar-refractivity contribution in [2.45, 2.75) is 24.8 Å². The highest BCUT2D eigenvalue weighted by atomic mass is 14.8. The summed E-state index contributed by atoms with van der Waals surface area (Å²) >= 11 is 0. The monoisotopic (exact) mass is 225 g/mol. The van der Waals surface area contributed by atoms with E-state index in [9.17, 15) is 0 Å². The van der Waals surface area contributed by atoms with Crippen LogP contribution in [0.1, 0.15) is 41.6 Å². The Morgan fingerprint density at radius 3 is 2.41 bits per heavy atom. The predicted octanol–water partition coefficient (Wildman–Crippen LogP) is 2.29. The molecule has 0 amide bonds. The molecule has 1 heterocycles. The normalized spacial score (nSPS) is 16.8. The molecule has 2 aromatic rings. The third-order valence-electron chi connectivity index (χ3n) is 3.42. The Kier molecular flexibility index (Phi) is 2.65. The predicted molar refractivity (Wildman–Crippen MR) is 67.4 cm³/mol. The summed E-state index contributed by atoms with van der Waals surface area (Å²) in [6.45, 7) is 0. The van der Waals surface area contributed by atoms with Gasteiger partial charge in [-0.1, -0.05) is 36.4 Å². The number of aromatic nitrogens is 1. The molecule has 2 nitrogen and oxygen atoms in total. The summed E-state index contributed by atoms with van der Waals surface area (Å²) in [6, 6.07) is 14.8. The van der Waals surface area contributed by atoms with Crippen LogP contribution in [0.3, 0.4) is 0 Å². The number of quaternary nitrogens is 1. The Labute approximate surface area is 102 Å². The molecular weight excluding hydrogens is 208 g/mol. The average Bonchev–Trinajstić information content (AvgIpc) is 3.24. The van der Waals surface area contributed by atoms with E-state index in [0.29, 0.717) is 0 Å². The highest BCUT2D eigenvalue weighted by molar-refractivity contribution is 5.28. The third-order valence-corrected chi connectivity index (χ3v) is 3.42. The van der Waals surface area contributed by atoms with Crippen LogP contribution in [-0.4, -0.2) is 4.98 Å². The number of nitrogens with zero attached hydrogens (tertiary/aromatic N) is 1. The van der Waals surface area contributed by atoms with E-state index in [2.05, 4.69) is 35.0 Å². The fourth-order valence-electron chi connectivity index (χ4n) is 2.14. The molecule has 3 N–H and O–H groups in total. The quantitative estimate of drug-likeness (QED) is 0.855. The molecule has 1 aromatic heterocycles. The van der Waals surface area contributed by atoms with Gasteiger partial charge in [-0.3, -0.25) is 4.98 Å². The zero-order valence-electron chi connectivity index (χ0n) is 9.84. The van der Waals surface area contributed by atoms with Gasteiger partial charge in [0.15, 0.2) is 6.04 Å². The summed E-state index contributed by atoms with van der Waals surface area (Å²) in [5, 5.41) is 0. The van der Waals surface area contributed by atoms with Crippen molar-refractivity contribution in [1.29, 1.82) is 0 Å². The second kappa shape index (κ2) is 4.30. The topological polar surface area (TPSA) is 40.5 Å². The minimum Gasteiger partial charge on any atom is -0.346 e. The molecule has 0 aliphatic heterocycles. The first kappa shape index (κ1) is 10.5. The van der Waals surface area contributed by atoms with Crippen LogP contribution in [0.5, 0.6) is 0 Å². The molecule has 1 aromatic carbocycles. The van der Waals surface area contributed by atoms with Crippen LogP contribution >= 0.6 is 0 Å². The van der Waals surface area contributed by atoms with Crippen LogP contribution in [0.4, 0.5) is 0 Å². The van der Waals surface area contributed by atoms with Gasteiger partial charge in [-0.2, -0.15) is 0 Å². The molecule has 1 unspecified atom stereocenters. The standard InChI is InChI=1S/C15H16N2/c16-15(12-4-2-1-3-5-12)14-9-8-13(10-17-14)11-6-7-11/h1-5,8-11,15H,6-7,16H2/p+1. The SMILES string of the molecule is [NH3+]C(c1ccccc1)c1ccc(C2CC2)cn1. The summed E-state index contributed by atoms with van der Waals surface area (Å²) in [6.07, 6.45) is 4.68. The van der Waals surface area contributed by atoms with E-state index in [1.807, 2.05) is 24.4 Å². The summed E-state index contributed by atoms with van der Waals surface area (Å²) in [7, 11) is 0. The Bertz CT molecular complexity index is 486. The lowest BCUT2D eigenvalue weighted by Crippen LogP contribution is -2.54. The molecule has 3 rings (SSSR count). The van der Waals surface area contributed by atoms with Crippen LogP contribution in [-0.2, 0) is 0 Å². The highest BCUT2D eigenvalue weighted by Crippen LogP contribution is 2.39. The molecule has 86 valence electrons. The lowest BCUT2D eigenvalue weighted by Gasteiger charge is -2.08. The second-order valence-corrected chi connectivity index (χ2v) is 4.75. The average molecular weight is 225 g/mol. The van der Waals surface area contributed by atoms with Crippen LogP contribution < -0.4 is 5.73 Å². The van der Waals surface area contributed by atoms with Crippen molar-refractivity contribution in [3.8, 4) is 0 Å². The largest absolute Gasteiger partial charge is 0.346 e. The van der Waals surface area contributed by atoms with Crippen molar-refractivity contribution in [3.05, 3.63) is 65.5 Å². The van der Waals surface area contributed by atoms with Crippen LogP contribution in [0.15, 0.2) is 48.7 Å². The van der Waals surface area contributed by atoms with Gasteiger partial charge in [0.25, 0.3) is 0 Å². The molecule has 1 atom stereocenters. The van der Waals surface area contributed by atoms with Crippen molar-refractivity contribution >= 4 is 0 Å². The summed E-state index contributed by atoms with van der Waals surface area (Å²) in [4.78, 5) is 4.55. The molecule has 1 fully saturated rings. The Balaban J connectivity index is 1.83. The van der Waals surface area contributed by atoms with Gasteiger partial charge >= 0.3 is 0 Å². The van der Waals surface area contributed by atoms with Gasteiger partial charge < -0.3 is 5.73 Å². The van der Waals surface area contributed by atoms with Crippen molar-refractivity contribution in [2.75, 3.05) is 0 Å². The number of pyridine rings is 1. The van der Waals surface area contributed by atoms with E-state index in [4.69, 9.17) is 0 Å². The molecule has 1 aliphatic rings. The van der Waals surface area contributed by atoms with Gasteiger partial charge in [-0.05, 0) is 30.4 Å². The van der Waals surface area contributed by atoms with E-state index >= 15 is 0 Å². The molecule has 1 aliphatic carbocycles. The molecule has 0 saturated heterocycles. The number of rotatable bonds is 3. The first-order valence-corrected chi connectivity index (χ1v) is 6.18. The van der Waals surface area contributed by atoms with Gasteiger partial charge in [0, 0.05) is 11.8 Å². The van der Waals surface area contributed by atoms with Crippen LogP contribution in [0, 0.1) is 0 Å². The summed E-state index contributed by atoms with van der Waals surface area (Å²) < 4.78 is 0. The lowest BCUT2D eigenvalue weighted by molar-refractivity contribution is -0.412. The van der Waals surface area contributed by atoms with Crippen molar-refractivity contribution in [2.24, 2.45) is 0 Å². The number of hydrogen-bond acceptors (Lipinski definition) is 1.